The van der Waals surface area contributed by atoms with Crippen LogP contribution in [0.1, 0.15) is 350 Å². The van der Waals surface area contributed by atoms with E-state index < -0.39 is 97.5 Å². The van der Waals surface area contributed by atoms with Crippen LogP contribution in [-0.4, -0.2) is 96.7 Å². The van der Waals surface area contributed by atoms with Crippen LogP contribution in [-0.2, 0) is 65.4 Å². The lowest BCUT2D eigenvalue weighted by Crippen LogP contribution is -2.30. The summed E-state index contributed by atoms with van der Waals surface area (Å²) in [5.41, 5.74) is 0. The zero-order valence-corrected chi connectivity index (χ0v) is 58.8. The lowest BCUT2D eigenvalue weighted by atomic mass is 10.00. The molecule has 6 atom stereocenters. The van der Waals surface area contributed by atoms with Gasteiger partial charge in [-0.1, -0.05) is 298 Å². The molecular weight excluding hydrogens is 1160 g/mol. The molecule has 0 amide bonds. The lowest BCUT2D eigenvalue weighted by molar-refractivity contribution is -0.161. The molecule has 0 radical (unpaired) electrons. The van der Waals surface area contributed by atoms with Crippen LogP contribution in [0.3, 0.4) is 0 Å². The zero-order valence-electron chi connectivity index (χ0n) is 57.0. The molecule has 0 aromatic carbocycles. The van der Waals surface area contributed by atoms with E-state index in [-0.39, 0.29) is 25.7 Å². The third-order valence-corrected chi connectivity index (χ3v) is 18.2. The second-order valence-corrected chi connectivity index (χ2v) is 28.5. The van der Waals surface area contributed by atoms with E-state index in [1.807, 2.05) is 0 Å². The number of phosphoric ester groups is 2. The number of rotatable bonds is 68. The summed E-state index contributed by atoms with van der Waals surface area (Å²) >= 11 is 0. The number of hydrogen-bond acceptors (Lipinski definition) is 15. The summed E-state index contributed by atoms with van der Waals surface area (Å²) < 4.78 is 68.2. The van der Waals surface area contributed by atoms with Gasteiger partial charge in [0, 0.05) is 25.7 Å². The highest BCUT2D eigenvalue weighted by molar-refractivity contribution is 7.47. The molecule has 0 saturated carbocycles. The van der Waals surface area contributed by atoms with Crippen molar-refractivity contribution < 1.29 is 80.2 Å². The Morgan fingerprint density at radius 1 is 0.330 bits per heavy atom. The Hall–Kier alpha value is -1.94. The molecule has 0 aliphatic heterocycles. The molecule has 0 heterocycles. The van der Waals surface area contributed by atoms with Crippen LogP contribution < -0.4 is 0 Å². The monoisotopic (exact) mass is 1300 g/mol. The highest BCUT2D eigenvalue weighted by Gasteiger charge is 2.30. The van der Waals surface area contributed by atoms with E-state index in [4.69, 9.17) is 37.0 Å². The molecule has 522 valence electrons. The van der Waals surface area contributed by atoms with Crippen molar-refractivity contribution in [2.24, 2.45) is 11.8 Å². The molecule has 3 N–H and O–H groups in total. The summed E-state index contributed by atoms with van der Waals surface area (Å²) in [6.07, 6.45) is 45.7. The molecule has 0 aliphatic carbocycles. The molecule has 0 fully saturated rings. The number of aliphatic hydroxyl groups excluding tert-OH is 1. The fourth-order valence-corrected chi connectivity index (χ4v) is 12.0. The van der Waals surface area contributed by atoms with Crippen molar-refractivity contribution in [2.75, 3.05) is 39.6 Å². The Bertz CT molecular complexity index is 1720. The van der Waals surface area contributed by atoms with Crippen LogP contribution >= 0.6 is 15.6 Å². The maximum absolute atomic E-state index is 13.0. The maximum atomic E-state index is 13.0. The number of ether oxygens (including phenoxy) is 4. The molecular formula is C69H134O17P2. The maximum Gasteiger partial charge on any atom is 0.472 e. The highest BCUT2D eigenvalue weighted by atomic mass is 31.2. The van der Waals surface area contributed by atoms with Gasteiger partial charge in [-0.3, -0.25) is 37.3 Å². The van der Waals surface area contributed by atoms with Crippen molar-refractivity contribution in [1.29, 1.82) is 0 Å². The minimum atomic E-state index is -4.95. The second-order valence-electron chi connectivity index (χ2n) is 25.6. The van der Waals surface area contributed by atoms with E-state index in [2.05, 4.69) is 41.5 Å². The molecule has 19 heteroatoms. The van der Waals surface area contributed by atoms with Gasteiger partial charge in [-0.25, -0.2) is 9.13 Å². The minimum Gasteiger partial charge on any atom is -0.462 e. The van der Waals surface area contributed by atoms with E-state index in [1.165, 1.54) is 161 Å². The molecule has 0 rings (SSSR count). The van der Waals surface area contributed by atoms with Crippen LogP contribution in [0.2, 0.25) is 0 Å². The Morgan fingerprint density at radius 2 is 0.580 bits per heavy atom. The summed E-state index contributed by atoms with van der Waals surface area (Å²) in [6.45, 7) is 9.51. The third-order valence-electron chi connectivity index (χ3n) is 16.3. The van der Waals surface area contributed by atoms with Gasteiger partial charge in [-0.15, -0.1) is 0 Å². The van der Waals surface area contributed by atoms with E-state index in [0.29, 0.717) is 25.7 Å². The predicted octanol–water partition coefficient (Wildman–Crippen LogP) is 19.6. The first kappa shape index (κ1) is 86.1. The van der Waals surface area contributed by atoms with E-state index >= 15 is 0 Å². The molecule has 0 spiro atoms. The highest BCUT2D eigenvalue weighted by Crippen LogP contribution is 2.45. The number of carbonyl (C=O) groups is 4. The van der Waals surface area contributed by atoms with Crippen LogP contribution in [0.5, 0.6) is 0 Å². The van der Waals surface area contributed by atoms with Crippen LogP contribution in [0.4, 0.5) is 0 Å². The zero-order chi connectivity index (χ0) is 65.0. The smallest absolute Gasteiger partial charge is 0.462 e. The van der Waals surface area contributed by atoms with Crippen LogP contribution in [0.25, 0.3) is 0 Å². The summed E-state index contributed by atoms with van der Waals surface area (Å²) in [4.78, 5) is 72.5. The first-order valence-corrected chi connectivity index (χ1v) is 39.0. The quantitative estimate of drug-likeness (QED) is 0.0222. The van der Waals surface area contributed by atoms with Crippen molar-refractivity contribution in [2.45, 2.75) is 368 Å². The van der Waals surface area contributed by atoms with E-state index in [9.17, 15) is 43.2 Å². The van der Waals surface area contributed by atoms with Gasteiger partial charge in [0.25, 0.3) is 0 Å². The Morgan fingerprint density at radius 3 is 0.864 bits per heavy atom. The molecule has 0 bridgehead atoms. The summed E-state index contributed by atoms with van der Waals surface area (Å²) in [7, 11) is -9.90. The van der Waals surface area contributed by atoms with Gasteiger partial charge in [0.1, 0.15) is 19.3 Å². The molecule has 0 aromatic heterocycles. The number of phosphoric acid groups is 2. The first-order valence-electron chi connectivity index (χ1n) is 36.0. The van der Waals surface area contributed by atoms with Gasteiger partial charge in [-0.05, 0) is 37.5 Å². The topological polar surface area (TPSA) is 237 Å². The average molecular weight is 1300 g/mol. The molecule has 0 aromatic rings. The summed E-state index contributed by atoms with van der Waals surface area (Å²) in [5, 5.41) is 10.6. The largest absolute Gasteiger partial charge is 0.472 e. The summed E-state index contributed by atoms with van der Waals surface area (Å²) in [5.74, 6) is -0.607. The lowest BCUT2D eigenvalue weighted by Gasteiger charge is -2.21. The van der Waals surface area contributed by atoms with Crippen molar-refractivity contribution in [3.63, 3.8) is 0 Å². The predicted molar refractivity (Wildman–Crippen MR) is 354 cm³/mol. The summed E-state index contributed by atoms with van der Waals surface area (Å²) in [6, 6.07) is 0. The fraction of sp³-hybridized carbons (Fsp3) is 0.942. The van der Waals surface area contributed by atoms with Crippen LogP contribution in [0, 0.1) is 11.8 Å². The number of hydrogen-bond donors (Lipinski definition) is 3. The SMILES string of the molecule is CCCCCCCCCCCCCC(=O)OC[C@H](COP(=O)(O)OC[C@@H](O)COP(=O)(O)OC[C@@H](COC(=O)CCCCCCCCC(C)CC)OC(=O)CCCCCCCCCCCCC)OC(=O)CCCCCCCCCCCCCCCC(C)C. The Balaban J connectivity index is 5.24. The second kappa shape index (κ2) is 61.3. The fourth-order valence-electron chi connectivity index (χ4n) is 10.4. The van der Waals surface area contributed by atoms with E-state index in [0.717, 1.165) is 108 Å². The Labute approximate surface area is 537 Å². The molecule has 17 nitrogen and oxygen atoms in total. The van der Waals surface area contributed by atoms with Gasteiger partial charge < -0.3 is 33.8 Å². The van der Waals surface area contributed by atoms with Gasteiger partial charge in [-0.2, -0.15) is 0 Å². The molecule has 3 unspecified atom stereocenters. The molecule has 0 aliphatic rings. The minimum absolute atomic E-state index is 0.106. The van der Waals surface area contributed by atoms with Gasteiger partial charge in [0.15, 0.2) is 12.2 Å². The Kier molecular flexibility index (Phi) is 59.9. The standard InChI is InChI=1S/C69H134O17P2/c1-7-10-12-14-16-18-23-28-32-39-45-51-66(71)79-57-64(85-69(74)54-48-42-34-30-26-22-20-21-25-27-31-37-43-49-61(4)5)59-83-87(75,76)81-55-63(70)56-82-88(77,78)84-60-65(58-80-67(72)52-46-40-36-35-38-44-50-62(6)9-3)86-68(73)53-47-41-33-29-24-19-17-15-13-11-8-2/h61-65,70H,7-60H2,1-6H3,(H,75,76)(H,77,78)/t62?,63-,64-,65-/m1/s1. The number of esters is 4. The first-order chi connectivity index (χ1) is 42.4. The van der Waals surface area contributed by atoms with E-state index in [1.54, 1.807) is 0 Å². The van der Waals surface area contributed by atoms with Crippen molar-refractivity contribution in [1.82, 2.24) is 0 Å². The van der Waals surface area contributed by atoms with Crippen molar-refractivity contribution in [3.8, 4) is 0 Å². The molecule has 0 saturated heterocycles. The molecule has 88 heavy (non-hydrogen) atoms. The normalized spacial score (nSPS) is 14.5. The number of unbranched alkanes of at least 4 members (excludes halogenated alkanes) is 37. The van der Waals surface area contributed by atoms with Gasteiger partial charge >= 0.3 is 39.5 Å². The van der Waals surface area contributed by atoms with Gasteiger partial charge in [0.2, 0.25) is 0 Å². The van der Waals surface area contributed by atoms with Gasteiger partial charge in [0.05, 0.1) is 26.4 Å². The third kappa shape index (κ3) is 61.6. The number of aliphatic hydroxyl groups is 1. The average Bonchev–Trinajstić information content (AvgIpc) is 3.70. The van der Waals surface area contributed by atoms with Crippen molar-refractivity contribution >= 4 is 39.5 Å². The van der Waals surface area contributed by atoms with Crippen LogP contribution in [0.15, 0.2) is 0 Å². The number of carbonyl (C=O) groups excluding carboxylic acids is 4. The van der Waals surface area contributed by atoms with Crippen molar-refractivity contribution in [3.05, 3.63) is 0 Å².